The molecule has 1 aromatic carbocycles. The van der Waals surface area contributed by atoms with Crippen LogP contribution >= 0.6 is 0 Å². The molecule has 2 rings (SSSR count). The number of hydrogen-bond acceptors (Lipinski definition) is 2. The average Bonchev–Trinajstić information content (AvgIpc) is 2.47. The fourth-order valence-corrected chi connectivity index (χ4v) is 3.02. The Labute approximate surface area is 109 Å². The maximum absolute atomic E-state index is 11.6. The van der Waals surface area contributed by atoms with E-state index in [0.717, 1.165) is 37.9 Å². The van der Waals surface area contributed by atoms with Crippen molar-refractivity contribution in [1.82, 2.24) is 0 Å². The van der Waals surface area contributed by atoms with Crippen LogP contribution in [-0.2, 0) is 16.6 Å². The zero-order valence-corrected chi connectivity index (χ0v) is 11.4. The van der Waals surface area contributed by atoms with Gasteiger partial charge in [0, 0.05) is 0 Å². The molecule has 0 bridgehead atoms. The Morgan fingerprint density at radius 3 is 2.56 bits per heavy atom. The molecule has 0 aliphatic heterocycles. The molecular weight excluding hydrogens is 224 g/mol. The van der Waals surface area contributed by atoms with Crippen molar-refractivity contribution in [1.29, 1.82) is 0 Å². The Morgan fingerprint density at radius 2 is 2.00 bits per heavy atom. The van der Waals surface area contributed by atoms with Gasteiger partial charge in [0.25, 0.3) is 0 Å². The molecule has 18 heavy (non-hydrogen) atoms. The van der Waals surface area contributed by atoms with Crippen molar-refractivity contribution in [3.05, 3.63) is 29.3 Å². The summed E-state index contributed by atoms with van der Waals surface area (Å²) in [4.78, 5) is 11.6. The molecule has 0 saturated heterocycles. The molecule has 0 unspecified atom stereocenters. The van der Waals surface area contributed by atoms with Gasteiger partial charge in [0.2, 0.25) is 0 Å². The molecule has 0 N–H and O–H groups in total. The van der Waals surface area contributed by atoms with E-state index in [9.17, 15) is 4.79 Å². The monoisotopic (exact) mass is 246 g/mol. The van der Waals surface area contributed by atoms with Gasteiger partial charge in [-0.3, -0.25) is 0 Å². The Kier molecular flexibility index (Phi) is 4.05. The maximum Gasteiger partial charge on any atom is 0.130 e. The average molecular weight is 246 g/mol. The van der Waals surface area contributed by atoms with E-state index in [2.05, 4.69) is 19.1 Å². The quantitative estimate of drug-likeness (QED) is 0.758. The molecule has 0 atom stereocenters. The van der Waals surface area contributed by atoms with Gasteiger partial charge >= 0.3 is 0 Å². The van der Waals surface area contributed by atoms with Gasteiger partial charge in [0.05, 0.1) is 12.5 Å². The fourth-order valence-electron chi connectivity index (χ4n) is 3.02. The van der Waals surface area contributed by atoms with Gasteiger partial charge in [-0.1, -0.05) is 38.3 Å². The van der Waals surface area contributed by atoms with Crippen LogP contribution in [0.5, 0.6) is 5.75 Å². The highest BCUT2D eigenvalue weighted by Crippen LogP contribution is 2.39. The van der Waals surface area contributed by atoms with E-state index < -0.39 is 0 Å². The molecule has 0 aromatic heterocycles. The second-order valence-corrected chi connectivity index (χ2v) is 5.21. The minimum Gasteiger partial charge on any atom is -0.496 e. The van der Waals surface area contributed by atoms with E-state index in [0.29, 0.717) is 0 Å². The van der Waals surface area contributed by atoms with Crippen molar-refractivity contribution in [3.8, 4) is 5.75 Å². The number of rotatable bonds is 4. The molecule has 1 aliphatic carbocycles. The van der Waals surface area contributed by atoms with Crippen LogP contribution in [0.1, 0.15) is 50.2 Å². The second-order valence-electron chi connectivity index (χ2n) is 5.21. The lowest BCUT2D eigenvalue weighted by Gasteiger charge is -2.33. The van der Waals surface area contributed by atoms with E-state index in [1.165, 1.54) is 23.8 Å². The Balaban J connectivity index is 2.39. The van der Waals surface area contributed by atoms with E-state index in [1.807, 2.05) is 6.07 Å². The van der Waals surface area contributed by atoms with Crippen molar-refractivity contribution in [2.24, 2.45) is 0 Å². The SMILES string of the molecule is CCc1cc(C2(C=O)CCCCC2)ccc1OC. The smallest absolute Gasteiger partial charge is 0.130 e. The summed E-state index contributed by atoms with van der Waals surface area (Å²) in [5.74, 6) is 0.929. The van der Waals surface area contributed by atoms with Crippen LogP contribution in [0, 0.1) is 0 Å². The van der Waals surface area contributed by atoms with E-state index in [-0.39, 0.29) is 5.41 Å². The maximum atomic E-state index is 11.6. The first-order chi connectivity index (χ1) is 8.75. The predicted molar refractivity (Wildman–Crippen MR) is 73.2 cm³/mol. The summed E-state index contributed by atoms with van der Waals surface area (Å²) < 4.78 is 5.36. The normalized spacial score (nSPS) is 18.3. The van der Waals surface area contributed by atoms with Crippen LogP contribution in [0.25, 0.3) is 0 Å². The molecular formula is C16H22O2. The van der Waals surface area contributed by atoms with Crippen LogP contribution in [0.4, 0.5) is 0 Å². The van der Waals surface area contributed by atoms with Gasteiger partial charge < -0.3 is 9.53 Å². The Hall–Kier alpha value is -1.31. The van der Waals surface area contributed by atoms with Gasteiger partial charge in [-0.15, -0.1) is 0 Å². The standard InChI is InChI=1S/C16H22O2/c1-3-13-11-14(7-8-15(13)18-2)16(12-17)9-5-4-6-10-16/h7-8,11-12H,3-6,9-10H2,1-2H3. The highest BCUT2D eigenvalue weighted by molar-refractivity contribution is 5.69. The van der Waals surface area contributed by atoms with Gasteiger partial charge in [-0.05, 0) is 36.5 Å². The van der Waals surface area contributed by atoms with Crippen LogP contribution in [0.3, 0.4) is 0 Å². The third-order valence-electron chi connectivity index (χ3n) is 4.21. The lowest BCUT2D eigenvalue weighted by molar-refractivity contribution is -0.113. The highest BCUT2D eigenvalue weighted by atomic mass is 16.5. The lowest BCUT2D eigenvalue weighted by atomic mass is 9.70. The van der Waals surface area contributed by atoms with Crippen LogP contribution in [0.15, 0.2) is 18.2 Å². The number of carbonyl (C=O) groups is 1. The summed E-state index contributed by atoms with van der Waals surface area (Å²) in [5, 5.41) is 0. The molecule has 0 spiro atoms. The van der Waals surface area contributed by atoms with Gasteiger partial charge in [-0.25, -0.2) is 0 Å². The number of ether oxygens (including phenoxy) is 1. The van der Waals surface area contributed by atoms with E-state index >= 15 is 0 Å². The van der Waals surface area contributed by atoms with Crippen molar-refractivity contribution in [2.45, 2.75) is 50.9 Å². The molecule has 98 valence electrons. The topological polar surface area (TPSA) is 26.3 Å². The Bertz CT molecular complexity index is 417. The van der Waals surface area contributed by atoms with Crippen LogP contribution < -0.4 is 4.74 Å². The van der Waals surface area contributed by atoms with E-state index in [4.69, 9.17) is 4.74 Å². The molecule has 2 nitrogen and oxygen atoms in total. The third-order valence-corrected chi connectivity index (χ3v) is 4.21. The molecule has 2 heteroatoms. The summed E-state index contributed by atoms with van der Waals surface area (Å²) >= 11 is 0. The number of hydrogen-bond donors (Lipinski definition) is 0. The number of benzene rings is 1. The summed E-state index contributed by atoms with van der Waals surface area (Å²) in [6, 6.07) is 6.24. The van der Waals surface area contributed by atoms with Crippen LogP contribution in [-0.4, -0.2) is 13.4 Å². The Morgan fingerprint density at radius 1 is 1.28 bits per heavy atom. The molecule has 1 fully saturated rings. The minimum atomic E-state index is -0.242. The van der Waals surface area contributed by atoms with E-state index in [1.54, 1.807) is 7.11 Å². The largest absolute Gasteiger partial charge is 0.496 e. The van der Waals surface area contributed by atoms with Gasteiger partial charge in [0.15, 0.2) is 0 Å². The number of aldehydes is 1. The minimum absolute atomic E-state index is 0.242. The fraction of sp³-hybridized carbons (Fsp3) is 0.562. The van der Waals surface area contributed by atoms with Crippen molar-refractivity contribution < 1.29 is 9.53 Å². The van der Waals surface area contributed by atoms with Crippen molar-refractivity contribution in [2.75, 3.05) is 7.11 Å². The molecule has 0 radical (unpaired) electrons. The first-order valence-electron chi connectivity index (χ1n) is 6.89. The number of methoxy groups -OCH3 is 1. The summed E-state index contributed by atoms with van der Waals surface area (Å²) in [7, 11) is 1.70. The highest BCUT2D eigenvalue weighted by Gasteiger charge is 2.33. The van der Waals surface area contributed by atoms with Gasteiger partial charge in [-0.2, -0.15) is 0 Å². The van der Waals surface area contributed by atoms with Crippen LogP contribution in [0.2, 0.25) is 0 Å². The third kappa shape index (κ3) is 2.29. The zero-order chi connectivity index (χ0) is 13.0. The van der Waals surface area contributed by atoms with Crippen molar-refractivity contribution >= 4 is 6.29 Å². The summed E-state index contributed by atoms with van der Waals surface area (Å²) in [5.41, 5.74) is 2.13. The molecule has 1 saturated carbocycles. The molecule has 0 amide bonds. The summed E-state index contributed by atoms with van der Waals surface area (Å²) in [6.45, 7) is 2.12. The lowest BCUT2D eigenvalue weighted by Crippen LogP contribution is -2.30. The first kappa shape index (κ1) is 13.1. The van der Waals surface area contributed by atoms with Crippen molar-refractivity contribution in [3.63, 3.8) is 0 Å². The summed E-state index contributed by atoms with van der Waals surface area (Å²) in [6.07, 6.45) is 7.67. The molecule has 1 aliphatic rings. The number of aryl methyl sites for hydroxylation is 1. The number of carbonyl (C=O) groups excluding carboxylic acids is 1. The van der Waals surface area contributed by atoms with Gasteiger partial charge in [0.1, 0.15) is 12.0 Å². The first-order valence-corrected chi connectivity index (χ1v) is 6.89. The zero-order valence-electron chi connectivity index (χ0n) is 11.4. The molecule has 0 heterocycles. The molecule has 1 aromatic rings. The predicted octanol–water partition coefficient (Wildman–Crippen LogP) is 3.66. The second kappa shape index (κ2) is 5.55.